The summed E-state index contributed by atoms with van der Waals surface area (Å²) in [7, 11) is 0. The minimum Gasteiger partial charge on any atom is -0.366 e. The first-order valence-electron chi connectivity index (χ1n) is 8.61. The molecule has 0 radical (unpaired) electrons. The summed E-state index contributed by atoms with van der Waals surface area (Å²) in [6.07, 6.45) is 0.659. The monoisotopic (exact) mass is 397 g/mol. The third-order valence-electron chi connectivity index (χ3n) is 4.50. The van der Waals surface area contributed by atoms with Crippen molar-refractivity contribution in [3.8, 4) is 0 Å². The molecule has 1 saturated heterocycles. The number of halogens is 4. The first-order valence-corrected chi connectivity index (χ1v) is 8.99. The number of urea groups is 1. The Morgan fingerprint density at radius 3 is 2.48 bits per heavy atom. The maximum absolute atomic E-state index is 13.9. The molecule has 1 fully saturated rings. The van der Waals surface area contributed by atoms with Crippen LogP contribution < -0.4 is 10.2 Å². The fourth-order valence-corrected chi connectivity index (χ4v) is 3.24. The highest BCUT2D eigenvalue weighted by molar-refractivity contribution is 6.30. The molecule has 2 aromatic rings. The standard InChI is InChI=1S/C19H19ClF3N3O/c20-14-3-1-2-13(12-14)6-7-24-19(27)26-10-8-25(9-11-26)16-5-4-15(21)17(22)18(16)23/h1-5,12H,6-11H2,(H,24,27). The normalized spacial score (nSPS) is 14.4. The molecular formula is C19H19ClF3N3O. The van der Waals surface area contributed by atoms with Gasteiger partial charge in [-0.25, -0.2) is 18.0 Å². The third kappa shape index (κ3) is 4.66. The lowest BCUT2D eigenvalue weighted by Crippen LogP contribution is -2.52. The van der Waals surface area contributed by atoms with Gasteiger partial charge in [0.25, 0.3) is 0 Å². The van der Waals surface area contributed by atoms with Gasteiger partial charge in [-0.15, -0.1) is 0 Å². The zero-order valence-corrected chi connectivity index (χ0v) is 15.3. The lowest BCUT2D eigenvalue weighted by molar-refractivity contribution is 0.194. The number of nitrogens with zero attached hydrogens (tertiary/aromatic N) is 2. The molecule has 0 atom stereocenters. The van der Waals surface area contributed by atoms with Crippen LogP contribution in [0.3, 0.4) is 0 Å². The molecule has 3 rings (SSSR count). The van der Waals surface area contributed by atoms with Crippen molar-refractivity contribution >= 4 is 23.3 Å². The zero-order valence-electron chi connectivity index (χ0n) is 14.5. The maximum atomic E-state index is 13.9. The van der Waals surface area contributed by atoms with Crippen LogP contribution in [0.15, 0.2) is 36.4 Å². The van der Waals surface area contributed by atoms with E-state index >= 15 is 0 Å². The van der Waals surface area contributed by atoms with Gasteiger partial charge in [-0.3, -0.25) is 0 Å². The number of carbonyl (C=O) groups excluding carboxylic acids is 1. The van der Waals surface area contributed by atoms with E-state index in [-0.39, 0.29) is 11.7 Å². The fraction of sp³-hybridized carbons (Fsp3) is 0.316. The number of rotatable bonds is 4. The molecule has 1 N–H and O–H groups in total. The van der Waals surface area contributed by atoms with Gasteiger partial charge in [-0.05, 0) is 36.2 Å². The maximum Gasteiger partial charge on any atom is 0.317 e. The minimum atomic E-state index is -1.48. The van der Waals surface area contributed by atoms with E-state index in [2.05, 4.69) is 5.32 Å². The number of benzene rings is 2. The van der Waals surface area contributed by atoms with Gasteiger partial charge in [0.2, 0.25) is 0 Å². The van der Waals surface area contributed by atoms with Gasteiger partial charge in [0, 0.05) is 37.7 Å². The second-order valence-corrected chi connectivity index (χ2v) is 6.72. The van der Waals surface area contributed by atoms with E-state index in [1.807, 2.05) is 18.2 Å². The molecule has 1 aliphatic rings. The average molecular weight is 398 g/mol. The average Bonchev–Trinajstić information content (AvgIpc) is 2.66. The zero-order chi connectivity index (χ0) is 19.4. The molecule has 1 aliphatic heterocycles. The van der Waals surface area contributed by atoms with Crippen molar-refractivity contribution in [2.45, 2.75) is 6.42 Å². The number of carbonyl (C=O) groups is 1. The topological polar surface area (TPSA) is 35.6 Å². The predicted molar refractivity (Wildman–Crippen MR) is 98.7 cm³/mol. The number of hydrogen-bond acceptors (Lipinski definition) is 2. The smallest absolute Gasteiger partial charge is 0.317 e. The van der Waals surface area contributed by atoms with Gasteiger partial charge < -0.3 is 15.1 Å². The molecule has 4 nitrogen and oxygen atoms in total. The Balaban J connectivity index is 1.49. The number of nitrogens with one attached hydrogen (secondary N) is 1. The Hall–Kier alpha value is -2.41. The van der Waals surface area contributed by atoms with Gasteiger partial charge >= 0.3 is 6.03 Å². The molecule has 144 valence electrons. The van der Waals surface area contributed by atoms with Crippen molar-refractivity contribution in [3.63, 3.8) is 0 Å². The van der Waals surface area contributed by atoms with Crippen LogP contribution in [0.2, 0.25) is 5.02 Å². The first-order chi connectivity index (χ1) is 13.0. The van der Waals surface area contributed by atoms with Crippen molar-refractivity contribution in [1.82, 2.24) is 10.2 Å². The van der Waals surface area contributed by atoms with E-state index in [1.54, 1.807) is 15.9 Å². The Bertz CT molecular complexity index is 826. The van der Waals surface area contributed by atoms with E-state index < -0.39 is 17.5 Å². The van der Waals surface area contributed by atoms with Crippen LogP contribution in [0.5, 0.6) is 0 Å². The van der Waals surface area contributed by atoms with Crippen molar-refractivity contribution < 1.29 is 18.0 Å². The molecule has 0 aromatic heterocycles. The van der Waals surface area contributed by atoms with Crippen LogP contribution in [-0.4, -0.2) is 43.7 Å². The molecule has 0 aliphatic carbocycles. The van der Waals surface area contributed by atoms with E-state index in [1.165, 1.54) is 6.07 Å². The highest BCUT2D eigenvalue weighted by Crippen LogP contribution is 2.24. The minimum absolute atomic E-state index is 0.00918. The third-order valence-corrected chi connectivity index (χ3v) is 4.74. The van der Waals surface area contributed by atoms with Crippen molar-refractivity contribution in [1.29, 1.82) is 0 Å². The molecule has 8 heteroatoms. The van der Waals surface area contributed by atoms with Crippen LogP contribution >= 0.6 is 11.6 Å². The predicted octanol–water partition coefficient (Wildman–Crippen LogP) is 3.83. The summed E-state index contributed by atoms with van der Waals surface area (Å²) in [6.45, 7) is 1.87. The Morgan fingerprint density at radius 2 is 1.78 bits per heavy atom. The molecule has 1 heterocycles. The van der Waals surface area contributed by atoms with E-state index in [4.69, 9.17) is 11.6 Å². The number of hydrogen-bond donors (Lipinski definition) is 1. The summed E-state index contributed by atoms with van der Waals surface area (Å²) in [6, 6.07) is 9.35. The first kappa shape index (κ1) is 19.4. The van der Waals surface area contributed by atoms with Crippen molar-refractivity contribution in [2.75, 3.05) is 37.6 Å². The SMILES string of the molecule is O=C(NCCc1cccc(Cl)c1)N1CCN(c2ccc(F)c(F)c2F)CC1. The highest BCUT2D eigenvalue weighted by Gasteiger charge is 2.24. The Morgan fingerprint density at radius 1 is 1.04 bits per heavy atom. The largest absolute Gasteiger partial charge is 0.366 e. The van der Waals surface area contributed by atoms with Crippen LogP contribution in [0, 0.1) is 17.5 Å². The number of anilines is 1. The van der Waals surface area contributed by atoms with Gasteiger partial charge in [0.1, 0.15) is 0 Å². The lowest BCUT2D eigenvalue weighted by Gasteiger charge is -2.36. The summed E-state index contributed by atoms with van der Waals surface area (Å²) in [5.41, 5.74) is 1.04. The van der Waals surface area contributed by atoms with Crippen LogP contribution in [0.25, 0.3) is 0 Å². The summed E-state index contributed by atoms with van der Waals surface area (Å²) in [5, 5.41) is 3.50. The van der Waals surface area contributed by atoms with E-state index in [9.17, 15) is 18.0 Å². The van der Waals surface area contributed by atoms with Crippen LogP contribution in [-0.2, 0) is 6.42 Å². The quantitative estimate of drug-likeness (QED) is 0.796. The summed E-state index contributed by atoms with van der Waals surface area (Å²) < 4.78 is 40.4. The number of piperazine rings is 1. The highest BCUT2D eigenvalue weighted by atomic mass is 35.5. The molecule has 27 heavy (non-hydrogen) atoms. The molecule has 2 amide bonds. The number of amides is 2. The molecule has 0 bridgehead atoms. The summed E-state index contributed by atoms with van der Waals surface area (Å²) in [5.74, 6) is -3.89. The second kappa shape index (κ2) is 8.52. The second-order valence-electron chi connectivity index (χ2n) is 6.28. The van der Waals surface area contributed by atoms with E-state index in [0.29, 0.717) is 44.2 Å². The summed E-state index contributed by atoms with van der Waals surface area (Å²) >= 11 is 5.93. The molecule has 0 saturated carbocycles. The fourth-order valence-electron chi connectivity index (χ4n) is 3.03. The van der Waals surface area contributed by atoms with Gasteiger partial charge in [0.15, 0.2) is 17.5 Å². The van der Waals surface area contributed by atoms with Crippen molar-refractivity contribution in [2.24, 2.45) is 0 Å². The molecule has 2 aromatic carbocycles. The van der Waals surface area contributed by atoms with Crippen molar-refractivity contribution in [3.05, 3.63) is 64.4 Å². The van der Waals surface area contributed by atoms with E-state index in [0.717, 1.165) is 11.6 Å². The Kier molecular flexibility index (Phi) is 6.11. The molecular weight excluding hydrogens is 379 g/mol. The van der Waals surface area contributed by atoms with Crippen LogP contribution in [0.4, 0.5) is 23.7 Å². The lowest BCUT2D eigenvalue weighted by atomic mass is 10.1. The van der Waals surface area contributed by atoms with Crippen LogP contribution in [0.1, 0.15) is 5.56 Å². The molecule has 0 spiro atoms. The van der Waals surface area contributed by atoms with Gasteiger partial charge in [0.05, 0.1) is 5.69 Å². The molecule has 0 unspecified atom stereocenters. The van der Waals surface area contributed by atoms with Gasteiger partial charge in [-0.1, -0.05) is 23.7 Å². The summed E-state index contributed by atoms with van der Waals surface area (Å²) in [4.78, 5) is 15.5. The van der Waals surface area contributed by atoms with Gasteiger partial charge in [-0.2, -0.15) is 0 Å². The Labute approximate surface area is 160 Å².